The summed E-state index contributed by atoms with van der Waals surface area (Å²) >= 11 is 0. The maximum atomic E-state index is 11.2. The number of carbonyl (C=O) groups excluding carboxylic acids is 1. The lowest BCUT2D eigenvalue weighted by Crippen LogP contribution is -2.31. The van der Waals surface area contributed by atoms with E-state index in [0.29, 0.717) is 5.70 Å². The molecule has 0 spiro atoms. The lowest BCUT2D eigenvalue weighted by molar-refractivity contribution is -0.118. The van der Waals surface area contributed by atoms with Gasteiger partial charge in [0.15, 0.2) is 0 Å². The first-order chi connectivity index (χ1) is 5.59. The van der Waals surface area contributed by atoms with Crippen molar-refractivity contribution in [2.45, 2.75) is 19.8 Å². The van der Waals surface area contributed by atoms with E-state index in [9.17, 15) is 4.79 Å². The molecule has 0 rings (SSSR count). The van der Waals surface area contributed by atoms with Gasteiger partial charge in [-0.15, -0.1) is 0 Å². The summed E-state index contributed by atoms with van der Waals surface area (Å²) in [6.07, 6.45) is 2.11. The van der Waals surface area contributed by atoms with E-state index < -0.39 is 0 Å². The Morgan fingerprint density at radius 3 is 2.50 bits per heavy atom. The van der Waals surface area contributed by atoms with E-state index in [1.165, 1.54) is 0 Å². The van der Waals surface area contributed by atoms with Crippen LogP contribution in [0.15, 0.2) is 12.3 Å². The Labute approximate surface area is 74.4 Å². The molecule has 3 heteroatoms. The average Bonchev–Trinajstić information content (AvgIpc) is 2.03. The topological polar surface area (TPSA) is 32.3 Å². The quantitative estimate of drug-likeness (QED) is 0.492. The number of nitrogens with zero attached hydrogens (tertiary/aromatic N) is 1. The zero-order valence-electron chi connectivity index (χ0n) is 8.18. The highest BCUT2D eigenvalue weighted by atomic mass is 16.2. The van der Waals surface area contributed by atoms with Crippen LogP contribution in [-0.2, 0) is 4.79 Å². The minimum Gasteiger partial charge on any atom is -0.374 e. The number of carbonyl (C=O) groups is 1. The van der Waals surface area contributed by atoms with Crippen LogP contribution in [0.5, 0.6) is 0 Å². The molecule has 70 valence electrons. The molecule has 1 amide bonds. The van der Waals surface area contributed by atoms with Gasteiger partial charge in [-0.25, -0.2) is 0 Å². The highest BCUT2D eigenvalue weighted by Gasteiger charge is 2.06. The van der Waals surface area contributed by atoms with Crippen molar-refractivity contribution < 1.29 is 4.79 Å². The maximum absolute atomic E-state index is 11.2. The Kier molecular flexibility index (Phi) is 5.17. The molecular formula is C9H18N2O. The minimum atomic E-state index is -0.0755. The van der Waals surface area contributed by atoms with Gasteiger partial charge in [0.25, 0.3) is 5.91 Å². The van der Waals surface area contributed by atoms with E-state index in [2.05, 4.69) is 18.8 Å². The lowest BCUT2D eigenvalue weighted by Gasteiger charge is -2.14. The number of hydrogen-bond acceptors (Lipinski definition) is 2. The molecular weight excluding hydrogens is 152 g/mol. The Balaban J connectivity index is 3.65. The first-order valence-corrected chi connectivity index (χ1v) is 4.24. The molecule has 0 fully saturated rings. The maximum Gasteiger partial charge on any atom is 0.266 e. The zero-order chi connectivity index (χ0) is 9.56. The second-order valence-corrected chi connectivity index (χ2v) is 2.95. The van der Waals surface area contributed by atoms with Gasteiger partial charge in [0.1, 0.15) is 0 Å². The molecule has 0 aliphatic rings. The molecule has 0 aliphatic heterocycles. The summed E-state index contributed by atoms with van der Waals surface area (Å²) in [5, 5.41) is 2.78. The van der Waals surface area contributed by atoms with Crippen molar-refractivity contribution >= 4 is 5.91 Å². The Morgan fingerprint density at radius 1 is 1.50 bits per heavy atom. The van der Waals surface area contributed by atoms with E-state index in [1.54, 1.807) is 4.90 Å². The highest BCUT2D eigenvalue weighted by Crippen LogP contribution is 1.93. The predicted octanol–water partition coefficient (Wildman–Crippen LogP) is 0.978. The van der Waals surface area contributed by atoms with Crippen LogP contribution in [0.3, 0.4) is 0 Å². The van der Waals surface area contributed by atoms with Crippen LogP contribution in [0.4, 0.5) is 0 Å². The molecule has 0 saturated heterocycles. The number of unbranched alkanes of at least 4 members (excludes halogenated alkanes) is 1. The minimum absolute atomic E-state index is 0.0755. The summed E-state index contributed by atoms with van der Waals surface area (Å²) in [5.41, 5.74) is 0.506. The monoisotopic (exact) mass is 170 g/mol. The third kappa shape index (κ3) is 4.01. The number of hydrogen-bond donors (Lipinski definition) is 1. The van der Waals surface area contributed by atoms with Gasteiger partial charge < -0.3 is 10.2 Å². The first-order valence-electron chi connectivity index (χ1n) is 4.24. The zero-order valence-corrected chi connectivity index (χ0v) is 8.18. The standard InChI is InChI=1S/C9H18N2O/c1-5-6-7-10-9(12)8(2)11(3)4/h2,5-7H2,1,3-4H3,(H,10,12). The van der Waals surface area contributed by atoms with E-state index in [4.69, 9.17) is 0 Å². The number of nitrogens with one attached hydrogen (secondary N) is 1. The molecule has 0 aromatic heterocycles. The number of amides is 1. The third-order valence-electron chi connectivity index (χ3n) is 1.62. The van der Waals surface area contributed by atoms with Crippen LogP contribution >= 0.6 is 0 Å². The smallest absolute Gasteiger partial charge is 0.266 e. The van der Waals surface area contributed by atoms with Crippen LogP contribution in [0.25, 0.3) is 0 Å². The molecule has 0 aromatic rings. The van der Waals surface area contributed by atoms with Gasteiger partial charge >= 0.3 is 0 Å². The second kappa shape index (κ2) is 5.63. The molecule has 0 aromatic carbocycles. The van der Waals surface area contributed by atoms with Crippen LogP contribution in [-0.4, -0.2) is 31.4 Å². The van der Waals surface area contributed by atoms with Crippen LogP contribution in [0.1, 0.15) is 19.8 Å². The molecule has 0 heterocycles. The highest BCUT2D eigenvalue weighted by molar-refractivity contribution is 5.91. The van der Waals surface area contributed by atoms with Gasteiger partial charge in [-0.2, -0.15) is 0 Å². The van der Waals surface area contributed by atoms with Gasteiger partial charge in [-0.05, 0) is 6.42 Å². The molecule has 0 atom stereocenters. The fourth-order valence-corrected chi connectivity index (χ4v) is 0.684. The summed E-state index contributed by atoms with van der Waals surface area (Å²) < 4.78 is 0. The summed E-state index contributed by atoms with van der Waals surface area (Å²) in [6.45, 7) is 6.48. The van der Waals surface area contributed by atoms with Gasteiger partial charge in [-0.3, -0.25) is 4.79 Å². The molecule has 12 heavy (non-hydrogen) atoms. The van der Waals surface area contributed by atoms with Gasteiger partial charge in [0, 0.05) is 20.6 Å². The molecule has 0 saturated carbocycles. The van der Waals surface area contributed by atoms with Crippen LogP contribution in [0.2, 0.25) is 0 Å². The molecule has 0 aliphatic carbocycles. The fraction of sp³-hybridized carbons (Fsp3) is 0.667. The number of rotatable bonds is 5. The summed E-state index contributed by atoms with van der Waals surface area (Å²) in [4.78, 5) is 12.9. The summed E-state index contributed by atoms with van der Waals surface area (Å²) in [6, 6.07) is 0. The van der Waals surface area contributed by atoms with Crippen LogP contribution < -0.4 is 5.32 Å². The molecule has 1 N–H and O–H groups in total. The Hall–Kier alpha value is -0.990. The van der Waals surface area contributed by atoms with Crippen molar-refractivity contribution in [3.63, 3.8) is 0 Å². The van der Waals surface area contributed by atoms with Crippen molar-refractivity contribution in [1.29, 1.82) is 0 Å². The van der Waals surface area contributed by atoms with Crippen LogP contribution in [0, 0.1) is 0 Å². The van der Waals surface area contributed by atoms with Crippen molar-refractivity contribution in [3.8, 4) is 0 Å². The van der Waals surface area contributed by atoms with Gasteiger partial charge in [-0.1, -0.05) is 19.9 Å². The van der Waals surface area contributed by atoms with Crippen molar-refractivity contribution in [2.75, 3.05) is 20.6 Å². The Bertz CT molecular complexity index is 164. The van der Waals surface area contributed by atoms with E-state index in [1.807, 2.05) is 14.1 Å². The normalized spacial score (nSPS) is 9.25. The van der Waals surface area contributed by atoms with Gasteiger partial charge in [0.05, 0.1) is 5.70 Å². The lowest BCUT2D eigenvalue weighted by atomic mass is 10.3. The van der Waals surface area contributed by atoms with E-state index >= 15 is 0 Å². The van der Waals surface area contributed by atoms with Gasteiger partial charge in [0.2, 0.25) is 0 Å². The van der Waals surface area contributed by atoms with E-state index in [0.717, 1.165) is 19.4 Å². The number of likely N-dealkylation sites (N-methyl/N-ethyl adjacent to an activating group) is 1. The SMILES string of the molecule is C=C(C(=O)NCCCC)N(C)C. The molecule has 0 radical (unpaired) electrons. The molecule has 3 nitrogen and oxygen atoms in total. The predicted molar refractivity (Wildman–Crippen MR) is 50.7 cm³/mol. The third-order valence-corrected chi connectivity index (χ3v) is 1.62. The molecule has 0 unspecified atom stereocenters. The van der Waals surface area contributed by atoms with Crippen molar-refractivity contribution in [2.24, 2.45) is 0 Å². The largest absolute Gasteiger partial charge is 0.374 e. The average molecular weight is 170 g/mol. The fourth-order valence-electron chi connectivity index (χ4n) is 0.684. The molecule has 0 bridgehead atoms. The Morgan fingerprint density at radius 2 is 2.08 bits per heavy atom. The summed E-state index contributed by atoms with van der Waals surface area (Å²) in [7, 11) is 3.61. The van der Waals surface area contributed by atoms with Crippen molar-refractivity contribution in [1.82, 2.24) is 10.2 Å². The van der Waals surface area contributed by atoms with Crippen molar-refractivity contribution in [3.05, 3.63) is 12.3 Å². The summed E-state index contributed by atoms with van der Waals surface area (Å²) in [5.74, 6) is -0.0755. The first kappa shape index (κ1) is 11.0. The second-order valence-electron chi connectivity index (χ2n) is 2.95. The van der Waals surface area contributed by atoms with E-state index in [-0.39, 0.29) is 5.91 Å².